The van der Waals surface area contributed by atoms with E-state index in [0.717, 1.165) is 77.0 Å². The summed E-state index contributed by atoms with van der Waals surface area (Å²) in [5, 5.41) is 0. The van der Waals surface area contributed by atoms with Gasteiger partial charge in [-0.2, -0.15) is 0 Å². The summed E-state index contributed by atoms with van der Waals surface area (Å²) in [5.41, 5.74) is 0. The smallest absolute Gasteiger partial charge is 0.306 e. The molecule has 1 atom stereocenters. The van der Waals surface area contributed by atoms with Gasteiger partial charge in [-0.25, -0.2) is 0 Å². The molecule has 1 unspecified atom stereocenters. The lowest BCUT2D eigenvalue weighted by atomic mass is 10.0. The van der Waals surface area contributed by atoms with Gasteiger partial charge >= 0.3 is 17.9 Å². The van der Waals surface area contributed by atoms with E-state index >= 15 is 0 Å². The van der Waals surface area contributed by atoms with Crippen LogP contribution in [0.1, 0.15) is 367 Å². The van der Waals surface area contributed by atoms with Gasteiger partial charge in [0.05, 0.1) is 0 Å². The molecule has 0 saturated carbocycles. The molecule has 0 aromatic heterocycles. The summed E-state index contributed by atoms with van der Waals surface area (Å²) in [6, 6.07) is 0. The standard InChI is InChI=1S/C73H132O6/c1-4-7-10-13-16-19-22-24-26-28-30-32-34-36-38-40-42-44-46-48-51-54-57-60-63-66-72(75)78-69-70(68-77-71(74)65-62-59-56-53-50-21-18-15-12-9-6-3)79-73(76)67-64-61-58-55-52-49-47-45-43-41-39-37-35-33-31-29-27-25-23-20-17-14-11-8-5-2/h15,18,22,24,28-31,34,36,70H,4-14,16-17,19-21,23,25-27,32-33,35,37-69H2,1-3H3/b18-15-,24-22-,30-28-,31-29-,36-34-. The minimum Gasteiger partial charge on any atom is -0.462 e. The van der Waals surface area contributed by atoms with Gasteiger partial charge < -0.3 is 14.2 Å². The zero-order chi connectivity index (χ0) is 57.1. The second-order valence-electron chi connectivity index (χ2n) is 23.4. The first kappa shape index (κ1) is 76.1. The summed E-state index contributed by atoms with van der Waals surface area (Å²) >= 11 is 0. The van der Waals surface area contributed by atoms with Crippen LogP contribution in [0.3, 0.4) is 0 Å². The molecule has 79 heavy (non-hydrogen) atoms. The maximum atomic E-state index is 12.9. The second kappa shape index (κ2) is 67.6. The number of unbranched alkanes of at least 4 members (excludes halogenated alkanes) is 43. The predicted octanol–water partition coefficient (Wildman–Crippen LogP) is 23.9. The molecular formula is C73H132O6. The van der Waals surface area contributed by atoms with Crippen LogP contribution in [0.25, 0.3) is 0 Å². The number of esters is 3. The Morgan fingerprint density at radius 3 is 0.759 bits per heavy atom. The summed E-state index contributed by atoms with van der Waals surface area (Å²) in [6.45, 7) is 6.63. The summed E-state index contributed by atoms with van der Waals surface area (Å²) in [5.74, 6) is -0.871. The van der Waals surface area contributed by atoms with Gasteiger partial charge in [-0.3, -0.25) is 14.4 Å². The van der Waals surface area contributed by atoms with Crippen LogP contribution in [-0.4, -0.2) is 37.2 Å². The third kappa shape index (κ3) is 65.8. The normalized spacial score (nSPS) is 12.4. The molecule has 460 valence electrons. The van der Waals surface area contributed by atoms with Crippen molar-refractivity contribution in [2.75, 3.05) is 13.2 Å². The number of carbonyl (C=O) groups is 3. The largest absolute Gasteiger partial charge is 0.462 e. The number of hydrogen-bond donors (Lipinski definition) is 0. The molecule has 0 amide bonds. The molecule has 0 aromatic carbocycles. The maximum Gasteiger partial charge on any atom is 0.306 e. The Labute approximate surface area is 491 Å². The van der Waals surface area contributed by atoms with Crippen molar-refractivity contribution in [3.63, 3.8) is 0 Å². The first-order valence-corrected chi connectivity index (χ1v) is 34.8. The lowest BCUT2D eigenvalue weighted by molar-refractivity contribution is -0.167. The molecule has 0 spiro atoms. The van der Waals surface area contributed by atoms with Crippen molar-refractivity contribution in [2.24, 2.45) is 0 Å². The SMILES string of the molecule is CCCC/C=C\CCCCCCCC(=O)OCC(COC(=O)CCCCCCCCCCCC/C=C\C/C=C\C/C=C\CCCCCCC)OC(=O)CCCCCCCCCCCCCCC/C=C\CCCCCCCCCC. The van der Waals surface area contributed by atoms with Crippen molar-refractivity contribution < 1.29 is 28.6 Å². The van der Waals surface area contributed by atoms with Crippen molar-refractivity contribution >= 4 is 17.9 Å². The van der Waals surface area contributed by atoms with E-state index in [1.807, 2.05) is 0 Å². The fourth-order valence-electron chi connectivity index (χ4n) is 10.2. The first-order valence-electron chi connectivity index (χ1n) is 34.8. The van der Waals surface area contributed by atoms with E-state index in [2.05, 4.69) is 81.5 Å². The van der Waals surface area contributed by atoms with E-state index in [-0.39, 0.29) is 31.1 Å². The zero-order valence-corrected chi connectivity index (χ0v) is 52.9. The molecule has 0 N–H and O–H groups in total. The topological polar surface area (TPSA) is 78.9 Å². The van der Waals surface area contributed by atoms with Gasteiger partial charge in [-0.15, -0.1) is 0 Å². The highest BCUT2D eigenvalue weighted by Crippen LogP contribution is 2.17. The molecule has 0 fully saturated rings. The third-order valence-electron chi connectivity index (χ3n) is 15.5. The van der Waals surface area contributed by atoms with Crippen LogP contribution < -0.4 is 0 Å². The Kier molecular flexibility index (Phi) is 65.1. The van der Waals surface area contributed by atoms with Crippen LogP contribution in [0, 0.1) is 0 Å². The highest BCUT2D eigenvalue weighted by Gasteiger charge is 2.19. The number of allylic oxidation sites excluding steroid dienone is 10. The average molecular weight is 1110 g/mol. The van der Waals surface area contributed by atoms with Crippen LogP contribution in [0.4, 0.5) is 0 Å². The fourth-order valence-corrected chi connectivity index (χ4v) is 10.2. The van der Waals surface area contributed by atoms with Crippen LogP contribution in [0.15, 0.2) is 60.8 Å². The molecule has 0 aliphatic carbocycles. The Hall–Kier alpha value is -2.89. The fraction of sp³-hybridized carbons (Fsp3) is 0.822. The van der Waals surface area contributed by atoms with Gasteiger partial charge in [0.15, 0.2) is 6.10 Å². The molecule has 0 radical (unpaired) electrons. The van der Waals surface area contributed by atoms with Gasteiger partial charge in [0.2, 0.25) is 0 Å². The van der Waals surface area contributed by atoms with E-state index in [4.69, 9.17) is 14.2 Å². The minimum absolute atomic E-state index is 0.0765. The van der Waals surface area contributed by atoms with Crippen molar-refractivity contribution in [1.29, 1.82) is 0 Å². The molecule has 0 saturated heterocycles. The minimum atomic E-state index is -0.779. The van der Waals surface area contributed by atoms with E-state index in [1.54, 1.807) is 0 Å². The summed E-state index contributed by atoms with van der Waals surface area (Å²) in [6.07, 6.45) is 86.8. The lowest BCUT2D eigenvalue weighted by Gasteiger charge is -2.18. The van der Waals surface area contributed by atoms with E-state index in [1.165, 1.54) is 250 Å². The number of ether oxygens (including phenoxy) is 3. The van der Waals surface area contributed by atoms with Crippen LogP contribution in [0.2, 0.25) is 0 Å². The monoisotopic (exact) mass is 1110 g/mol. The highest BCUT2D eigenvalue weighted by molar-refractivity contribution is 5.71. The van der Waals surface area contributed by atoms with Crippen LogP contribution >= 0.6 is 0 Å². The Bertz CT molecular complexity index is 1410. The van der Waals surface area contributed by atoms with Crippen molar-refractivity contribution in [3.05, 3.63) is 60.8 Å². The zero-order valence-electron chi connectivity index (χ0n) is 52.9. The summed E-state index contributed by atoms with van der Waals surface area (Å²) < 4.78 is 16.9. The van der Waals surface area contributed by atoms with Crippen LogP contribution in [0.5, 0.6) is 0 Å². The van der Waals surface area contributed by atoms with Gasteiger partial charge in [0.25, 0.3) is 0 Å². The lowest BCUT2D eigenvalue weighted by Crippen LogP contribution is -2.30. The van der Waals surface area contributed by atoms with E-state index < -0.39 is 6.10 Å². The van der Waals surface area contributed by atoms with Crippen molar-refractivity contribution in [1.82, 2.24) is 0 Å². The number of hydrogen-bond acceptors (Lipinski definition) is 6. The van der Waals surface area contributed by atoms with Crippen molar-refractivity contribution in [2.45, 2.75) is 374 Å². The molecule has 6 heteroatoms. The second-order valence-corrected chi connectivity index (χ2v) is 23.4. The van der Waals surface area contributed by atoms with Gasteiger partial charge in [0, 0.05) is 19.3 Å². The molecule has 0 bridgehead atoms. The predicted molar refractivity (Wildman–Crippen MR) is 344 cm³/mol. The summed E-state index contributed by atoms with van der Waals surface area (Å²) in [4.78, 5) is 38.3. The quantitative estimate of drug-likeness (QED) is 0.0261. The Balaban J connectivity index is 4.22. The third-order valence-corrected chi connectivity index (χ3v) is 15.5. The van der Waals surface area contributed by atoms with Crippen LogP contribution in [-0.2, 0) is 28.6 Å². The molecule has 0 aliphatic heterocycles. The number of carbonyl (C=O) groups excluding carboxylic acids is 3. The first-order chi connectivity index (χ1) is 39.0. The molecule has 0 heterocycles. The number of rotatable bonds is 64. The Morgan fingerprint density at radius 1 is 0.253 bits per heavy atom. The highest BCUT2D eigenvalue weighted by atomic mass is 16.6. The van der Waals surface area contributed by atoms with E-state index in [0.29, 0.717) is 19.3 Å². The molecule has 0 aromatic rings. The molecular weight excluding hydrogens is 973 g/mol. The average Bonchev–Trinajstić information content (AvgIpc) is 3.45. The van der Waals surface area contributed by atoms with E-state index in [9.17, 15) is 14.4 Å². The molecule has 0 rings (SSSR count). The summed E-state index contributed by atoms with van der Waals surface area (Å²) in [7, 11) is 0. The van der Waals surface area contributed by atoms with Gasteiger partial charge in [0.1, 0.15) is 13.2 Å². The van der Waals surface area contributed by atoms with Gasteiger partial charge in [-0.1, -0.05) is 306 Å². The molecule has 6 nitrogen and oxygen atoms in total. The van der Waals surface area contributed by atoms with Crippen molar-refractivity contribution in [3.8, 4) is 0 Å². The Morgan fingerprint density at radius 2 is 0.468 bits per heavy atom. The maximum absolute atomic E-state index is 12.9. The van der Waals surface area contributed by atoms with Gasteiger partial charge in [-0.05, 0) is 103 Å². The molecule has 0 aliphatic rings.